The Morgan fingerprint density at radius 1 is 1.10 bits per heavy atom. The van der Waals surface area contributed by atoms with Crippen LogP contribution in [0.4, 0.5) is 0 Å². The molecule has 0 bridgehead atoms. The summed E-state index contributed by atoms with van der Waals surface area (Å²) < 4.78 is 6.06. The number of halogens is 1. The molecule has 4 heteroatoms. The van der Waals surface area contributed by atoms with E-state index in [-0.39, 0.29) is 0 Å². The predicted molar refractivity (Wildman–Crippen MR) is 85.8 cm³/mol. The van der Waals surface area contributed by atoms with Gasteiger partial charge < -0.3 is 9.29 Å². The maximum absolute atomic E-state index is 11.3. The van der Waals surface area contributed by atoms with E-state index in [2.05, 4.69) is 12.5 Å². The first kappa shape index (κ1) is 13.8. The molecule has 2 aromatic carbocycles. The van der Waals surface area contributed by atoms with Crippen LogP contribution in [0.25, 0.3) is 0 Å². The lowest BCUT2D eigenvalue weighted by molar-refractivity contribution is 0.0995. The van der Waals surface area contributed by atoms with Gasteiger partial charge in [0.1, 0.15) is 11.4 Å². The number of rotatable bonds is 1. The van der Waals surface area contributed by atoms with Gasteiger partial charge in [0.25, 0.3) is 0 Å². The van der Waals surface area contributed by atoms with Crippen LogP contribution in [0.3, 0.4) is 0 Å². The Labute approximate surface area is 125 Å². The summed E-state index contributed by atoms with van der Waals surface area (Å²) in [4.78, 5) is 0. The summed E-state index contributed by atoms with van der Waals surface area (Å²) in [6, 6.07) is 15.1. The largest absolute Gasteiger partial charge is 0.449 e. The van der Waals surface area contributed by atoms with Crippen LogP contribution in [0, 0.1) is 0 Å². The quantitative estimate of drug-likeness (QED) is 0.864. The molecule has 2 aromatic rings. The Bertz CT molecular complexity index is 639. The minimum Gasteiger partial charge on any atom is -0.449 e. The molecule has 1 atom stereocenters. The molecule has 0 aliphatic carbocycles. The van der Waals surface area contributed by atoms with E-state index in [1.54, 1.807) is 0 Å². The number of hydrogen-bond donors (Lipinski definition) is 1. The van der Waals surface area contributed by atoms with Gasteiger partial charge in [-0.3, -0.25) is 0 Å². The minimum atomic E-state index is -1.35. The van der Waals surface area contributed by atoms with Gasteiger partial charge in [-0.15, -0.1) is 0 Å². The van der Waals surface area contributed by atoms with Gasteiger partial charge >= 0.3 is 0 Å². The third-order valence-electron chi connectivity index (χ3n) is 3.53. The van der Waals surface area contributed by atoms with Gasteiger partial charge in [0.15, 0.2) is 0 Å². The third kappa shape index (κ3) is 2.30. The van der Waals surface area contributed by atoms with E-state index >= 15 is 0 Å². The van der Waals surface area contributed by atoms with E-state index in [0.717, 1.165) is 16.9 Å². The fourth-order valence-electron chi connectivity index (χ4n) is 2.70. The van der Waals surface area contributed by atoms with Gasteiger partial charge in [-0.1, -0.05) is 52.2 Å². The molecule has 0 fully saturated rings. The normalized spacial score (nSPS) is 25.4. The lowest BCUT2D eigenvalue weighted by atomic mass is 9.87. The molecular formula is C16H17ClO2S. The van der Waals surface area contributed by atoms with Crippen molar-refractivity contribution >= 4 is 21.9 Å². The first-order valence-corrected chi connectivity index (χ1v) is 9.31. The standard InChI is InChI=1S/C16H17ClO2S/c1-20(2)11-16(18,12-7-9-13(17)10-8-12)14-5-3-4-6-15(14)19-20/h3-10,18H,11H2,1-2H3. The monoisotopic (exact) mass is 308 g/mol. The van der Waals surface area contributed by atoms with Gasteiger partial charge in [-0.05, 0) is 36.3 Å². The molecule has 0 radical (unpaired) electrons. The third-order valence-corrected chi connectivity index (χ3v) is 5.52. The zero-order valence-corrected chi connectivity index (χ0v) is 13.0. The van der Waals surface area contributed by atoms with Crippen molar-refractivity contribution in [1.29, 1.82) is 0 Å². The Balaban J connectivity index is 2.18. The summed E-state index contributed by atoms with van der Waals surface area (Å²) >= 11 is 5.95. The molecule has 3 rings (SSSR count). The predicted octanol–water partition coefficient (Wildman–Crippen LogP) is 3.95. The molecule has 0 saturated carbocycles. The van der Waals surface area contributed by atoms with Crippen LogP contribution in [-0.2, 0) is 5.60 Å². The van der Waals surface area contributed by atoms with Crippen molar-refractivity contribution in [2.24, 2.45) is 0 Å². The minimum absolute atomic E-state index is 0.582. The van der Waals surface area contributed by atoms with Crippen molar-refractivity contribution in [1.82, 2.24) is 0 Å². The van der Waals surface area contributed by atoms with Crippen LogP contribution in [-0.4, -0.2) is 23.4 Å². The topological polar surface area (TPSA) is 29.5 Å². The SMILES string of the molecule is CS1(C)CC(O)(c2ccc(Cl)cc2)c2ccccc2O1. The van der Waals surface area contributed by atoms with Crippen molar-refractivity contribution in [3.05, 3.63) is 64.7 Å². The molecule has 0 amide bonds. The van der Waals surface area contributed by atoms with E-state index in [1.807, 2.05) is 48.5 Å². The maximum Gasteiger partial charge on any atom is 0.141 e. The average molecular weight is 309 g/mol. The number of aliphatic hydroxyl groups is 1. The number of fused-ring (bicyclic) bond motifs is 1. The van der Waals surface area contributed by atoms with Crippen LogP contribution in [0.5, 0.6) is 5.75 Å². The average Bonchev–Trinajstić information content (AvgIpc) is 2.38. The van der Waals surface area contributed by atoms with E-state index in [9.17, 15) is 5.11 Å². The first-order chi connectivity index (χ1) is 9.41. The number of benzene rings is 2. The second kappa shape index (κ2) is 4.69. The van der Waals surface area contributed by atoms with Crippen molar-refractivity contribution in [2.75, 3.05) is 18.3 Å². The van der Waals surface area contributed by atoms with E-state index in [4.69, 9.17) is 15.8 Å². The maximum atomic E-state index is 11.3. The highest BCUT2D eigenvalue weighted by Gasteiger charge is 2.43. The highest BCUT2D eigenvalue weighted by Crippen LogP contribution is 2.55. The number of hydrogen-bond acceptors (Lipinski definition) is 2. The molecule has 0 spiro atoms. The zero-order valence-electron chi connectivity index (χ0n) is 11.5. The van der Waals surface area contributed by atoms with Crippen LogP contribution in [0.15, 0.2) is 48.5 Å². The molecular weight excluding hydrogens is 292 g/mol. The van der Waals surface area contributed by atoms with Crippen molar-refractivity contribution < 1.29 is 9.29 Å². The highest BCUT2D eigenvalue weighted by atomic mass is 35.5. The lowest BCUT2D eigenvalue weighted by Gasteiger charge is -2.46. The van der Waals surface area contributed by atoms with Gasteiger partial charge in [0.2, 0.25) is 0 Å². The van der Waals surface area contributed by atoms with Crippen LogP contribution >= 0.6 is 21.9 Å². The molecule has 2 nitrogen and oxygen atoms in total. The van der Waals surface area contributed by atoms with Crippen LogP contribution in [0.1, 0.15) is 11.1 Å². The summed E-state index contributed by atoms with van der Waals surface area (Å²) in [5, 5.41) is 12.0. The Hall–Kier alpha value is -1.16. The molecule has 106 valence electrons. The van der Waals surface area contributed by atoms with Crippen molar-refractivity contribution in [3.63, 3.8) is 0 Å². The summed E-state index contributed by atoms with van der Waals surface area (Å²) in [7, 11) is -1.35. The smallest absolute Gasteiger partial charge is 0.141 e. The van der Waals surface area contributed by atoms with Gasteiger partial charge in [0.05, 0.1) is 0 Å². The Morgan fingerprint density at radius 3 is 2.45 bits per heavy atom. The van der Waals surface area contributed by atoms with Gasteiger partial charge in [-0.2, -0.15) is 0 Å². The van der Waals surface area contributed by atoms with E-state index in [0.29, 0.717) is 10.8 Å². The summed E-state index contributed by atoms with van der Waals surface area (Å²) in [6.07, 6.45) is 4.15. The molecule has 1 heterocycles. The summed E-state index contributed by atoms with van der Waals surface area (Å²) in [5.41, 5.74) is 0.672. The molecule has 1 N–H and O–H groups in total. The summed E-state index contributed by atoms with van der Waals surface area (Å²) in [5.74, 6) is 1.36. The van der Waals surface area contributed by atoms with Crippen LogP contribution in [0.2, 0.25) is 5.02 Å². The fourth-order valence-corrected chi connectivity index (χ4v) is 4.84. The lowest BCUT2D eigenvalue weighted by Crippen LogP contribution is -2.39. The highest BCUT2D eigenvalue weighted by molar-refractivity contribution is 8.29. The Morgan fingerprint density at radius 2 is 1.75 bits per heavy atom. The van der Waals surface area contributed by atoms with E-state index < -0.39 is 15.9 Å². The van der Waals surface area contributed by atoms with Gasteiger partial charge in [-0.25, -0.2) is 0 Å². The van der Waals surface area contributed by atoms with Crippen LogP contribution < -0.4 is 4.18 Å². The fraction of sp³-hybridized carbons (Fsp3) is 0.250. The molecule has 1 aliphatic rings. The first-order valence-electron chi connectivity index (χ1n) is 6.39. The Kier molecular flexibility index (Phi) is 3.24. The number of para-hydroxylation sites is 1. The van der Waals surface area contributed by atoms with Crippen molar-refractivity contribution in [3.8, 4) is 5.75 Å². The van der Waals surface area contributed by atoms with Crippen molar-refractivity contribution in [2.45, 2.75) is 5.60 Å². The van der Waals surface area contributed by atoms with E-state index in [1.165, 1.54) is 0 Å². The van der Waals surface area contributed by atoms with Gasteiger partial charge in [0, 0.05) is 16.3 Å². The second-order valence-electron chi connectivity index (χ2n) is 5.53. The molecule has 1 unspecified atom stereocenters. The zero-order chi connectivity index (χ0) is 14.4. The molecule has 1 aliphatic heterocycles. The molecule has 0 saturated heterocycles. The molecule has 0 aromatic heterocycles. The molecule has 20 heavy (non-hydrogen) atoms. The summed E-state index contributed by atoms with van der Waals surface area (Å²) in [6.45, 7) is 0. The second-order valence-corrected chi connectivity index (χ2v) is 9.29.